The fraction of sp³-hybridized carbons (Fsp3) is 0.0833. The molecule has 1 heterocycles. The highest BCUT2D eigenvalue weighted by Crippen LogP contribution is 2.24. The average Bonchev–Trinajstić information content (AvgIpc) is 2.34. The third-order valence-electron chi connectivity index (χ3n) is 2.39. The van der Waals surface area contributed by atoms with Gasteiger partial charge in [-0.15, -0.1) is 0 Å². The first kappa shape index (κ1) is 11.9. The Hall–Kier alpha value is -1.59. The van der Waals surface area contributed by atoms with Crippen LogP contribution in [0.3, 0.4) is 0 Å². The first-order chi connectivity index (χ1) is 8.19. The van der Waals surface area contributed by atoms with Crippen molar-refractivity contribution in [3.05, 3.63) is 46.6 Å². The number of hydrogen-bond acceptors (Lipinski definition) is 4. The maximum absolute atomic E-state index is 5.32. The number of nitrogens with one attached hydrogen (secondary N) is 2. The van der Waals surface area contributed by atoms with E-state index in [1.807, 2.05) is 24.3 Å². The van der Waals surface area contributed by atoms with Crippen LogP contribution in [0, 0.1) is 6.92 Å². The summed E-state index contributed by atoms with van der Waals surface area (Å²) in [7, 11) is 0. The normalized spacial score (nSPS) is 10.1. The van der Waals surface area contributed by atoms with E-state index >= 15 is 0 Å². The molecule has 17 heavy (non-hydrogen) atoms. The van der Waals surface area contributed by atoms with Crippen LogP contribution in [0.4, 0.5) is 17.2 Å². The number of halogens is 1. The van der Waals surface area contributed by atoms with Crippen molar-refractivity contribution in [2.24, 2.45) is 5.84 Å². The van der Waals surface area contributed by atoms with Gasteiger partial charge in [0.2, 0.25) is 0 Å². The predicted molar refractivity (Wildman–Crippen MR) is 74.2 cm³/mol. The summed E-state index contributed by atoms with van der Waals surface area (Å²) in [6, 6.07) is 9.84. The molecular formula is C12H13BrN4. The van der Waals surface area contributed by atoms with Crippen molar-refractivity contribution < 1.29 is 0 Å². The van der Waals surface area contributed by atoms with E-state index in [-0.39, 0.29) is 0 Å². The summed E-state index contributed by atoms with van der Waals surface area (Å²) in [6.07, 6.45) is 1.70. The minimum absolute atomic E-state index is 0.627. The number of hydrogen-bond donors (Lipinski definition) is 3. The lowest BCUT2D eigenvalue weighted by molar-refractivity contribution is 1.23. The average molecular weight is 293 g/mol. The molecule has 4 N–H and O–H groups in total. The van der Waals surface area contributed by atoms with Crippen molar-refractivity contribution in [3.63, 3.8) is 0 Å². The lowest BCUT2D eigenvalue weighted by atomic mass is 10.2. The SMILES string of the molecule is Cc1ccc(Br)cc1Nc1ccnc(NN)c1. The molecule has 0 saturated carbocycles. The van der Waals surface area contributed by atoms with Crippen molar-refractivity contribution in [3.8, 4) is 0 Å². The van der Waals surface area contributed by atoms with Crippen LogP contribution >= 0.6 is 15.9 Å². The van der Waals surface area contributed by atoms with Gasteiger partial charge < -0.3 is 10.7 Å². The van der Waals surface area contributed by atoms with Crippen molar-refractivity contribution in [1.82, 2.24) is 4.98 Å². The summed E-state index contributed by atoms with van der Waals surface area (Å²) in [4.78, 5) is 4.05. The molecule has 0 saturated heterocycles. The minimum Gasteiger partial charge on any atom is -0.355 e. The van der Waals surface area contributed by atoms with E-state index in [0.717, 1.165) is 15.8 Å². The largest absolute Gasteiger partial charge is 0.355 e. The molecule has 0 aliphatic rings. The molecule has 0 fully saturated rings. The van der Waals surface area contributed by atoms with Gasteiger partial charge in [0.1, 0.15) is 5.82 Å². The molecule has 88 valence electrons. The highest BCUT2D eigenvalue weighted by atomic mass is 79.9. The van der Waals surface area contributed by atoms with Crippen LogP contribution < -0.4 is 16.6 Å². The van der Waals surface area contributed by atoms with Gasteiger partial charge in [0.15, 0.2) is 0 Å². The van der Waals surface area contributed by atoms with E-state index in [4.69, 9.17) is 5.84 Å². The number of anilines is 3. The van der Waals surface area contributed by atoms with Gasteiger partial charge in [0, 0.05) is 28.1 Å². The lowest BCUT2D eigenvalue weighted by Gasteiger charge is -2.10. The monoisotopic (exact) mass is 292 g/mol. The molecule has 2 rings (SSSR count). The van der Waals surface area contributed by atoms with Crippen LogP contribution in [0.15, 0.2) is 41.0 Å². The van der Waals surface area contributed by atoms with Crippen LogP contribution in [-0.2, 0) is 0 Å². The van der Waals surface area contributed by atoms with Gasteiger partial charge in [-0.1, -0.05) is 22.0 Å². The zero-order chi connectivity index (χ0) is 12.3. The Kier molecular flexibility index (Phi) is 3.61. The van der Waals surface area contributed by atoms with Gasteiger partial charge in [-0.25, -0.2) is 10.8 Å². The molecular weight excluding hydrogens is 280 g/mol. The van der Waals surface area contributed by atoms with Crippen molar-refractivity contribution >= 4 is 33.1 Å². The van der Waals surface area contributed by atoms with E-state index in [1.165, 1.54) is 5.56 Å². The number of nitrogens with zero attached hydrogens (tertiary/aromatic N) is 1. The Morgan fingerprint density at radius 1 is 1.24 bits per heavy atom. The lowest BCUT2D eigenvalue weighted by Crippen LogP contribution is -2.08. The van der Waals surface area contributed by atoms with Crippen molar-refractivity contribution in [2.45, 2.75) is 6.92 Å². The molecule has 0 radical (unpaired) electrons. The van der Waals surface area contributed by atoms with Crippen LogP contribution in [0.5, 0.6) is 0 Å². The molecule has 0 aliphatic heterocycles. The molecule has 0 atom stereocenters. The Labute approximate surface area is 108 Å². The van der Waals surface area contributed by atoms with Crippen LogP contribution in [-0.4, -0.2) is 4.98 Å². The second-order valence-corrected chi connectivity index (χ2v) is 4.57. The fourth-order valence-electron chi connectivity index (χ4n) is 1.47. The molecule has 5 heteroatoms. The van der Waals surface area contributed by atoms with Crippen LogP contribution in [0.2, 0.25) is 0 Å². The molecule has 1 aromatic heterocycles. The van der Waals surface area contributed by atoms with Crippen LogP contribution in [0.1, 0.15) is 5.56 Å². The topological polar surface area (TPSA) is 63.0 Å². The molecule has 0 bridgehead atoms. The quantitative estimate of drug-likeness (QED) is 0.601. The van der Waals surface area contributed by atoms with E-state index in [9.17, 15) is 0 Å². The van der Waals surface area contributed by atoms with Gasteiger partial charge in [-0.05, 0) is 30.7 Å². The third kappa shape index (κ3) is 2.95. The summed E-state index contributed by atoms with van der Waals surface area (Å²) in [5.74, 6) is 5.95. The molecule has 4 nitrogen and oxygen atoms in total. The number of nitrogens with two attached hydrogens (primary N) is 1. The Bertz CT molecular complexity index is 528. The Morgan fingerprint density at radius 2 is 2.06 bits per heavy atom. The predicted octanol–water partition coefficient (Wildman–Crippen LogP) is 3.18. The van der Waals surface area contributed by atoms with E-state index in [0.29, 0.717) is 5.82 Å². The molecule has 0 amide bonds. The summed E-state index contributed by atoms with van der Waals surface area (Å²) in [5.41, 5.74) is 5.68. The van der Waals surface area contributed by atoms with Crippen molar-refractivity contribution in [2.75, 3.05) is 10.7 Å². The second kappa shape index (κ2) is 5.16. The molecule has 0 spiro atoms. The fourth-order valence-corrected chi connectivity index (χ4v) is 1.83. The zero-order valence-electron chi connectivity index (χ0n) is 9.37. The number of aromatic nitrogens is 1. The second-order valence-electron chi connectivity index (χ2n) is 3.66. The zero-order valence-corrected chi connectivity index (χ0v) is 11.0. The molecule has 1 aromatic carbocycles. The first-order valence-corrected chi connectivity index (χ1v) is 5.94. The number of aryl methyl sites for hydroxylation is 1. The summed E-state index contributed by atoms with van der Waals surface area (Å²) < 4.78 is 1.04. The third-order valence-corrected chi connectivity index (χ3v) is 2.88. The smallest absolute Gasteiger partial charge is 0.141 e. The number of hydrazine groups is 1. The maximum Gasteiger partial charge on any atom is 0.141 e. The standard InChI is InChI=1S/C12H13BrN4/c1-8-2-3-9(13)6-11(8)16-10-4-5-15-12(7-10)17-14/h2-7H,14H2,1H3,(H2,15,16,17). The highest BCUT2D eigenvalue weighted by Gasteiger charge is 2.01. The number of rotatable bonds is 3. The van der Waals surface area contributed by atoms with Gasteiger partial charge in [0.25, 0.3) is 0 Å². The maximum atomic E-state index is 5.32. The number of pyridine rings is 1. The summed E-state index contributed by atoms with van der Waals surface area (Å²) >= 11 is 3.45. The first-order valence-electron chi connectivity index (χ1n) is 5.15. The van der Waals surface area contributed by atoms with E-state index in [1.54, 1.807) is 6.20 Å². The van der Waals surface area contributed by atoms with E-state index in [2.05, 4.69) is 44.6 Å². The summed E-state index contributed by atoms with van der Waals surface area (Å²) in [6.45, 7) is 2.05. The Balaban J connectivity index is 2.27. The highest BCUT2D eigenvalue weighted by molar-refractivity contribution is 9.10. The molecule has 2 aromatic rings. The van der Waals surface area contributed by atoms with Gasteiger partial charge in [-0.3, -0.25) is 0 Å². The van der Waals surface area contributed by atoms with Gasteiger partial charge >= 0.3 is 0 Å². The number of benzene rings is 1. The van der Waals surface area contributed by atoms with Crippen LogP contribution in [0.25, 0.3) is 0 Å². The van der Waals surface area contributed by atoms with Gasteiger partial charge in [-0.2, -0.15) is 0 Å². The molecule has 0 unspecified atom stereocenters. The summed E-state index contributed by atoms with van der Waals surface area (Å²) in [5, 5.41) is 3.32. The number of nitrogen functional groups attached to an aromatic ring is 1. The minimum atomic E-state index is 0.627. The Morgan fingerprint density at radius 3 is 2.82 bits per heavy atom. The van der Waals surface area contributed by atoms with Crippen molar-refractivity contribution in [1.29, 1.82) is 0 Å². The molecule has 0 aliphatic carbocycles. The van der Waals surface area contributed by atoms with Gasteiger partial charge in [0.05, 0.1) is 0 Å². The van der Waals surface area contributed by atoms with E-state index < -0.39 is 0 Å².